The van der Waals surface area contributed by atoms with Crippen LogP contribution in [-0.2, 0) is 5.41 Å². The van der Waals surface area contributed by atoms with Gasteiger partial charge in [0, 0.05) is 38.6 Å². The highest BCUT2D eigenvalue weighted by atomic mass is 127. The van der Waals surface area contributed by atoms with Gasteiger partial charge in [-0.1, -0.05) is 56.3 Å². The Morgan fingerprint density at radius 3 is 2.50 bits per heavy atom. The molecular formula is C24H35IN4O. The van der Waals surface area contributed by atoms with Crippen LogP contribution in [0.1, 0.15) is 25.8 Å². The summed E-state index contributed by atoms with van der Waals surface area (Å²) in [5, 5.41) is 7.02. The standard InChI is InChI=1S/C24H34N4O.HI/c1-24(2,20-10-6-5-7-11-20)18-27-23(25-3)26-16-19-14-15-28(17-19)21-12-8-9-13-22(21)29-4;/h5-13,19H,14-18H2,1-4H3,(H2,25,26,27);1H. The van der Waals surface area contributed by atoms with Crippen LogP contribution in [0.15, 0.2) is 59.6 Å². The molecule has 1 aliphatic heterocycles. The molecular weight excluding hydrogens is 487 g/mol. The number of halogens is 1. The van der Waals surface area contributed by atoms with Crippen molar-refractivity contribution in [3.63, 3.8) is 0 Å². The molecule has 1 unspecified atom stereocenters. The van der Waals surface area contributed by atoms with E-state index in [1.54, 1.807) is 7.11 Å². The normalized spacial score (nSPS) is 16.7. The van der Waals surface area contributed by atoms with Gasteiger partial charge in [0.25, 0.3) is 0 Å². The Balaban J connectivity index is 0.00000320. The molecule has 5 nitrogen and oxygen atoms in total. The van der Waals surface area contributed by atoms with E-state index < -0.39 is 0 Å². The lowest BCUT2D eigenvalue weighted by Crippen LogP contribution is -2.45. The van der Waals surface area contributed by atoms with E-state index in [1.165, 1.54) is 11.3 Å². The van der Waals surface area contributed by atoms with Crippen molar-refractivity contribution in [2.24, 2.45) is 10.9 Å². The van der Waals surface area contributed by atoms with E-state index in [4.69, 9.17) is 4.74 Å². The van der Waals surface area contributed by atoms with Crippen molar-refractivity contribution in [3.8, 4) is 5.75 Å². The van der Waals surface area contributed by atoms with Gasteiger partial charge < -0.3 is 20.3 Å². The number of anilines is 1. The maximum absolute atomic E-state index is 5.52. The average Bonchev–Trinajstić information content (AvgIpc) is 3.23. The Morgan fingerprint density at radius 1 is 1.10 bits per heavy atom. The third kappa shape index (κ3) is 6.27. The molecule has 0 aromatic heterocycles. The van der Waals surface area contributed by atoms with E-state index in [2.05, 4.69) is 76.8 Å². The summed E-state index contributed by atoms with van der Waals surface area (Å²) < 4.78 is 5.52. The Bertz CT molecular complexity index is 810. The second kappa shape index (κ2) is 11.4. The fourth-order valence-electron chi connectivity index (χ4n) is 3.87. The summed E-state index contributed by atoms with van der Waals surface area (Å²) in [7, 11) is 3.57. The number of benzene rings is 2. The van der Waals surface area contributed by atoms with Gasteiger partial charge in [-0.3, -0.25) is 4.99 Å². The zero-order chi connectivity index (χ0) is 20.7. The first-order valence-corrected chi connectivity index (χ1v) is 10.4. The van der Waals surface area contributed by atoms with Crippen molar-refractivity contribution in [2.75, 3.05) is 45.2 Å². The van der Waals surface area contributed by atoms with Crippen LogP contribution in [0.5, 0.6) is 5.75 Å². The predicted octanol–water partition coefficient (Wildman–Crippen LogP) is 4.28. The maximum Gasteiger partial charge on any atom is 0.191 e. The molecule has 164 valence electrons. The van der Waals surface area contributed by atoms with Crippen molar-refractivity contribution in [1.29, 1.82) is 0 Å². The van der Waals surface area contributed by atoms with Gasteiger partial charge in [-0.25, -0.2) is 0 Å². The summed E-state index contributed by atoms with van der Waals surface area (Å²) >= 11 is 0. The molecule has 3 rings (SSSR count). The van der Waals surface area contributed by atoms with Crippen molar-refractivity contribution < 1.29 is 4.74 Å². The first kappa shape index (κ1) is 24.3. The van der Waals surface area contributed by atoms with Gasteiger partial charge in [0.05, 0.1) is 12.8 Å². The smallest absolute Gasteiger partial charge is 0.191 e. The highest BCUT2D eigenvalue weighted by Gasteiger charge is 2.25. The molecule has 2 aromatic rings. The topological polar surface area (TPSA) is 48.9 Å². The highest BCUT2D eigenvalue weighted by Crippen LogP contribution is 2.31. The zero-order valence-electron chi connectivity index (χ0n) is 18.5. The first-order valence-electron chi connectivity index (χ1n) is 10.4. The Labute approximate surface area is 198 Å². The van der Waals surface area contributed by atoms with Crippen molar-refractivity contribution >= 4 is 35.6 Å². The summed E-state index contributed by atoms with van der Waals surface area (Å²) in [6.45, 7) is 8.33. The van der Waals surface area contributed by atoms with Crippen LogP contribution in [-0.4, -0.2) is 46.3 Å². The molecule has 0 saturated carbocycles. The number of nitrogens with zero attached hydrogens (tertiary/aromatic N) is 2. The third-order valence-corrected chi connectivity index (χ3v) is 5.75. The average molecular weight is 522 g/mol. The number of aliphatic imine (C=N–C) groups is 1. The number of hydrogen-bond acceptors (Lipinski definition) is 3. The molecule has 0 spiro atoms. The monoisotopic (exact) mass is 522 g/mol. The van der Waals surface area contributed by atoms with E-state index in [0.717, 1.165) is 44.3 Å². The minimum absolute atomic E-state index is 0. The molecule has 30 heavy (non-hydrogen) atoms. The molecule has 1 heterocycles. The van der Waals surface area contributed by atoms with E-state index in [0.29, 0.717) is 5.92 Å². The van der Waals surface area contributed by atoms with Crippen LogP contribution in [0.2, 0.25) is 0 Å². The lowest BCUT2D eigenvalue weighted by molar-refractivity contribution is 0.414. The molecule has 0 radical (unpaired) electrons. The van der Waals surface area contributed by atoms with Crippen LogP contribution in [0, 0.1) is 5.92 Å². The van der Waals surface area contributed by atoms with Gasteiger partial charge in [-0.2, -0.15) is 0 Å². The van der Waals surface area contributed by atoms with Crippen LogP contribution in [0.25, 0.3) is 0 Å². The molecule has 2 aromatic carbocycles. The molecule has 1 saturated heterocycles. The van der Waals surface area contributed by atoms with Gasteiger partial charge in [-0.15, -0.1) is 24.0 Å². The summed E-state index contributed by atoms with van der Waals surface area (Å²) in [6.07, 6.45) is 1.16. The molecule has 1 fully saturated rings. The predicted molar refractivity (Wildman–Crippen MR) is 138 cm³/mol. The molecule has 0 aliphatic carbocycles. The Morgan fingerprint density at radius 2 is 1.80 bits per heavy atom. The number of nitrogens with one attached hydrogen (secondary N) is 2. The largest absolute Gasteiger partial charge is 0.495 e. The molecule has 2 N–H and O–H groups in total. The number of hydrogen-bond donors (Lipinski definition) is 2. The second-order valence-corrected chi connectivity index (χ2v) is 8.33. The van der Waals surface area contributed by atoms with E-state index in [9.17, 15) is 0 Å². The molecule has 0 bridgehead atoms. The van der Waals surface area contributed by atoms with Crippen molar-refractivity contribution in [1.82, 2.24) is 10.6 Å². The summed E-state index contributed by atoms with van der Waals surface area (Å²) in [5.74, 6) is 2.40. The quantitative estimate of drug-likeness (QED) is 0.324. The van der Waals surface area contributed by atoms with Crippen LogP contribution >= 0.6 is 24.0 Å². The third-order valence-electron chi connectivity index (χ3n) is 5.75. The molecule has 1 atom stereocenters. The number of guanidine groups is 1. The van der Waals surface area contributed by atoms with Crippen molar-refractivity contribution in [3.05, 3.63) is 60.2 Å². The van der Waals surface area contributed by atoms with Crippen molar-refractivity contribution in [2.45, 2.75) is 25.7 Å². The van der Waals surface area contributed by atoms with Crippen LogP contribution in [0.4, 0.5) is 5.69 Å². The van der Waals surface area contributed by atoms with Crippen LogP contribution in [0.3, 0.4) is 0 Å². The van der Waals surface area contributed by atoms with Gasteiger partial charge in [0.2, 0.25) is 0 Å². The van der Waals surface area contributed by atoms with E-state index in [-0.39, 0.29) is 29.4 Å². The number of methoxy groups -OCH3 is 1. The number of rotatable bonds is 7. The fourth-order valence-corrected chi connectivity index (χ4v) is 3.87. The zero-order valence-corrected chi connectivity index (χ0v) is 20.9. The molecule has 1 aliphatic rings. The van der Waals surface area contributed by atoms with Gasteiger partial charge in [-0.05, 0) is 30.0 Å². The van der Waals surface area contributed by atoms with Gasteiger partial charge >= 0.3 is 0 Å². The number of ether oxygens (including phenoxy) is 1. The lowest BCUT2D eigenvalue weighted by Gasteiger charge is -2.27. The maximum atomic E-state index is 5.52. The first-order chi connectivity index (χ1) is 14.0. The van der Waals surface area contributed by atoms with Gasteiger partial charge in [0.1, 0.15) is 5.75 Å². The minimum atomic E-state index is 0. The SMILES string of the molecule is CN=C(NCC1CCN(c2ccccc2OC)C1)NCC(C)(C)c1ccccc1.I. The van der Waals surface area contributed by atoms with Gasteiger partial charge in [0.15, 0.2) is 5.96 Å². The highest BCUT2D eigenvalue weighted by molar-refractivity contribution is 14.0. The second-order valence-electron chi connectivity index (χ2n) is 8.33. The summed E-state index contributed by atoms with van der Waals surface area (Å²) in [6, 6.07) is 18.9. The Hall–Kier alpha value is -1.96. The van der Waals surface area contributed by atoms with Crippen LogP contribution < -0.4 is 20.3 Å². The molecule has 6 heteroatoms. The van der Waals surface area contributed by atoms with E-state index in [1.807, 2.05) is 19.2 Å². The van der Waals surface area contributed by atoms with E-state index >= 15 is 0 Å². The Kier molecular flexibility index (Phi) is 9.27. The lowest BCUT2D eigenvalue weighted by atomic mass is 9.85. The number of para-hydroxylation sites is 2. The minimum Gasteiger partial charge on any atom is -0.495 e. The molecule has 0 amide bonds. The summed E-state index contributed by atoms with van der Waals surface area (Å²) in [4.78, 5) is 6.83. The summed E-state index contributed by atoms with van der Waals surface area (Å²) in [5.41, 5.74) is 2.54. The fraction of sp³-hybridized carbons (Fsp3) is 0.458.